The van der Waals surface area contributed by atoms with Crippen molar-refractivity contribution in [3.63, 3.8) is 0 Å². The molecule has 2 aromatic rings. The van der Waals surface area contributed by atoms with Gasteiger partial charge in [0.05, 0.1) is 16.1 Å². The van der Waals surface area contributed by atoms with Crippen LogP contribution in [0.15, 0.2) is 47.4 Å². The molecule has 1 N–H and O–H groups in total. The molecule has 0 aliphatic carbocycles. The molecule has 0 saturated heterocycles. The van der Waals surface area contributed by atoms with Crippen molar-refractivity contribution >= 4 is 15.7 Å². The van der Waals surface area contributed by atoms with E-state index < -0.39 is 27.5 Å². The third-order valence-corrected chi connectivity index (χ3v) is 4.66. The Kier molecular flexibility index (Phi) is 4.04. The molecule has 0 bridgehead atoms. The predicted molar refractivity (Wildman–Crippen MR) is 79.7 cm³/mol. The maximum Gasteiger partial charge on any atom is 0.418 e. The molecular formula is C15H12F3NO4S. The Bertz CT molecular complexity index is 865. The molecule has 0 spiro atoms. The maximum absolute atomic E-state index is 13.0. The largest absolute Gasteiger partial charge is 0.486 e. The average Bonchev–Trinajstić information content (AvgIpc) is 2.53. The number of benzene rings is 2. The van der Waals surface area contributed by atoms with Crippen LogP contribution in [0.2, 0.25) is 0 Å². The summed E-state index contributed by atoms with van der Waals surface area (Å²) in [5, 5.41) is 0. The van der Waals surface area contributed by atoms with E-state index in [1.807, 2.05) is 4.72 Å². The van der Waals surface area contributed by atoms with Crippen LogP contribution in [0.3, 0.4) is 0 Å². The Morgan fingerprint density at radius 1 is 0.958 bits per heavy atom. The molecule has 1 heterocycles. The number of hydrogen-bond donors (Lipinski definition) is 1. The fourth-order valence-corrected chi connectivity index (χ4v) is 3.31. The van der Waals surface area contributed by atoms with Crippen LogP contribution >= 0.6 is 0 Å². The molecule has 0 atom stereocenters. The minimum absolute atomic E-state index is 0.219. The number of sulfonamides is 1. The topological polar surface area (TPSA) is 64.6 Å². The molecule has 0 amide bonds. The van der Waals surface area contributed by atoms with Gasteiger partial charge >= 0.3 is 6.18 Å². The summed E-state index contributed by atoms with van der Waals surface area (Å²) < 4.78 is 76.3. The van der Waals surface area contributed by atoms with Gasteiger partial charge < -0.3 is 9.47 Å². The number of fused-ring (bicyclic) bond motifs is 1. The molecule has 24 heavy (non-hydrogen) atoms. The zero-order valence-corrected chi connectivity index (χ0v) is 12.9. The van der Waals surface area contributed by atoms with Crippen molar-refractivity contribution in [3.8, 4) is 11.5 Å². The summed E-state index contributed by atoms with van der Waals surface area (Å²) >= 11 is 0. The van der Waals surface area contributed by atoms with Gasteiger partial charge in [0.15, 0.2) is 11.5 Å². The minimum Gasteiger partial charge on any atom is -0.486 e. The number of ether oxygens (including phenoxy) is 2. The van der Waals surface area contributed by atoms with Gasteiger partial charge in [0.2, 0.25) is 0 Å². The van der Waals surface area contributed by atoms with Gasteiger partial charge in [-0.05, 0) is 24.3 Å². The van der Waals surface area contributed by atoms with E-state index in [9.17, 15) is 21.6 Å². The van der Waals surface area contributed by atoms with E-state index >= 15 is 0 Å². The first-order valence-electron chi connectivity index (χ1n) is 6.86. The van der Waals surface area contributed by atoms with Crippen molar-refractivity contribution in [2.45, 2.75) is 11.1 Å². The second-order valence-corrected chi connectivity index (χ2v) is 6.64. The van der Waals surface area contributed by atoms with E-state index in [1.165, 1.54) is 30.3 Å². The Hall–Kier alpha value is -2.42. The first-order valence-corrected chi connectivity index (χ1v) is 8.34. The van der Waals surface area contributed by atoms with Crippen molar-refractivity contribution in [1.29, 1.82) is 0 Å². The fraction of sp³-hybridized carbons (Fsp3) is 0.200. The number of halogens is 3. The summed E-state index contributed by atoms with van der Waals surface area (Å²) in [7, 11) is -4.22. The van der Waals surface area contributed by atoms with Crippen molar-refractivity contribution in [2.75, 3.05) is 17.9 Å². The lowest BCUT2D eigenvalue weighted by atomic mass is 10.2. The first kappa shape index (κ1) is 16.4. The highest BCUT2D eigenvalue weighted by Gasteiger charge is 2.34. The summed E-state index contributed by atoms with van der Waals surface area (Å²) in [6.45, 7) is 0.608. The van der Waals surface area contributed by atoms with Crippen LogP contribution in [-0.4, -0.2) is 21.6 Å². The number of anilines is 1. The van der Waals surface area contributed by atoms with Crippen molar-refractivity contribution in [3.05, 3.63) is 48.0 Å². The highest BCUT2D eigenvalue weighted by atomic mass is 32.2. The molecule has 1 aliphatic rings. The van der Waals surface area contributed by atoms with Gasteiger partial charge in [-0.1, -0.05) is 12.1 Å². The van der Waals surface area contributed by atoms with Gasteiger partial charge in [-0.25, -0.2) is 8.42 Å². The standard InChI is InChI=1S/C15H12F3NO4S/c16-15(17,18)11-3-1-2-4-12(11)19-24(20,21)10-5-6-13-14(9-10)23-8-7-22-13/h1-6,9,19H,7-8H2. The molecular weight excluding hydrogens is 347 g/mol. The van der Waals surface area contributed by atoms with Crippen molar-refractivity contribution in [1.82, 2.24) is 0 Å². The van der Waals surface area contributed by atoms with E-state index in [1.54, 1.807) is 0 Å². The number of para-hydroxylation sites is 1. The van der Waals surface area contributed by atoms with E-state index in [0.717, 1.165) is 12.1 Å². The fourth-order valence-electron chi connectivity index (χ4n) is 2.21. The van der Waals surface area contributed by atoms with Gasteiger partial charge in [0.1, 0.15) is 13.2 Å². The van der Waals surface area contributed by atoms with Gasteiger partial charge in [-0.3, -0.25) is 4.72 Å². The van der Waals surface area contributed by atoms with Crippen LogP contribution in [0.25, 0.3) is 0 Å². The monoisotopic (exact) mass is 359 g/mol. The summed E-state index contributed by atoms with van der Waals surface area (Å²) in [5.74, 6) is 0.615. The lowest BCUT2D eigenvalue weighted by Gasteiger charge is -2.19. The number of rotatable bonds is 3. The maximum atomic E-state index is 13.0. The van der Waals surface area contributed by atoms with Crippen LogP contribution in [0.4, 0.5) is 18.9 Å². The van der Waals surface area contributed by atoms with Crippen molar-refractivity contribution in [2.24, 2.45) is 0 Å². The Labute approximate surface area is 136 Å². The quantitative estimate of drug-likeness (QED) is 0.914. The van der Waals surface area contributed by atoms with E-state index in [2.05, 4.69) is 0 Å². The minimum atomic E-state index is -4.67. The third kappa shape index (κ3) is 3.25. The van der Waals surface area contributed by atoms with Crippen LogP contribution in [0.1, 0.15) is 5.56 Å². The van der Waals surface area contributed by atoms with Crippen LogP contribution in [0, 0.1) is 0 Å². The Balaban J connectivity index is 1.96. The molecule has 0 fully saturated rings. The third-order valence-electron chi connectivity index (χ3n) is 3.30. The highest BCUT2D eigenvalue weighted by molar-refractivity contribution is 7.92. The second kappa shape index (κ2) is 5.90. The van der Waals surface area contributed by atoms with E-state index in [-0.39, 0.29) is 17.3 Å². The van der Waals surface area contributed by atoms with Crippen LogP contribution in [0.5, 0.6) is 11.5 Å². The summed E-state index contributed by atoms with van der Waals surface area (Å²) in [6, 6.07) is 8.22. The molecule has 1 aliphatic heterocycles. The first-order chi connectivity index (χ1) is 11.3. The van der Waals surface area contributed by atoms with Crippen LogP contribution in [-0.2, 0) is 16.2 Å². The van der Waals surface area contributed by atoms with Gasteiger partial charge in [0.25, 0.3) is 10.0 Å². The zero-order chi connectivity index (χ0) is 17.4. The van der Waals surface area contributed by atoms with Gasteiger partial charge in [-0.2, -0.15) is 13.2 Å². The number of hydrogen-bond acceptors (Lipinski definition) is 4. The molecule has 0 unspecified atom stereocenters. The SMILES string of the molecule is O=S(=O)(Nc1ccccc1C(F)(F)F)c1ccc2c(c1)OCCO2. The number of nitrogens with one attached hydrogen (secondary N) is 1. The van der Waals surface area contributed by atoms with Crippen LogP contribution < -0.4 is 14.2 Å². The second-order valence-electron chi connectivity index (χ2n) is 4.95. The molecule has 5 nitrogen and oxygen atoms in total. The average molecular weight is 359 g/mol. The smallest absolute Gasteiger partial charge is 0.418 e. The molecule has 9 heteroatoms. The zero-order valence-electron chi connectivity index (χ0n) is 12.1. The molecule has 3 rings (SSSR count). The van der Waals surface area contributed by atoms with Crippen molar-refractivity contribution < 1.29 is 31.1 Å². The lowest BCUT2D eigenvalue weighted by Crippen LogP contribution is -2.19. The lowest BCUT2D eigenvalue weighted by molar-refractivity contribution is -0.136. The predicted octanol–water partition coefficient (Wildman–Crippen LogP) is 3.28. The normalized spacial score (nSPS) is 14.3. The molecule has 2 aromatic carbocycles. The highest BCUT2D eigenvalue weighted by Crippen LogP contribution is 2.36. The number of alkyl halides is 3. The molecule has 0 radical (unpaired) electrons. The molecule has 0 saturated carbocycles. The summed E-state index contributed by atoms with van der Waals surface area (Å²) in [6.07, 6.45) is -4.67. The Morgan fingerprint density at radius 3 is 2.33 bits per heavy atom. The Morgan fingerprint density at radius 2 is 1.62 bits per heavy atom. The van der Waals surface area contributed by atoms with Gasteiger partial charge in [-0.15, -0.1) is 0 Å². The van der Waals surface area contributed by atoms with E-state index in [0.29, 0.717) is 12.4 Å². The summed E-state index contributed by atoms with van der Waals surface area (Å²) in [4.78, 5) is -0.219. The van der Waals surface area contributed by atoms with Gasteiger partial charge in [0, 0.05) is 6.07 Å². The summed E-state index contributed by atoms with van der Waals surface area (Å²) in [5.41, 5.74) is -1.61. The molecule has 0 aromatic heterocycles. The molecule has 128 valence electrons. The van der Waals surface area contributed by atoms with E-state index in [4.69, 9.17) is 9.47 Å².